The monoisotopic (exact) mass is 341 g/mol. The standard InChI is InChI=1S/C15H20ClN3O4/c1-23-9-6-15(20)18-7-4-12(5-8-18)17-13-3-2-11(16)10-14(13)19(21)22/h2-3,10,12,17H,4-9H2,1H3. The predicted octanol–water partition coefficient (Wildman–Crippen LogP) is 2.69. The van der Waals surface area contributed by atoms with Crippen LogP contribution >= 0.6 is 11.6 Å². The van der Waals surface area contributed by atoms with Gasteiger partial charge in [-0.1, -0.05) is 11.6 Å². The van der Waals surface area contributed by atoms with Crippen LogP contribution in [0.25, 0.3) is 0 Å². The fourth-order valence-electron chi connectivity index (χ4n) is 2.62. The molecule has 0 aromatic heterocycles. The van der Waals surface area contributed by atoms with E-state index in [-0.39, 0.29) is 17.6 Å². The highest BCUT2D eigenvalue weighted by atomic mass is 35.5. The lowest BCUT2D eigenvalue weighted by Crippen LogP contribution is -2.42. The summed E-state index contributed by atoms with van der Waals surface area (Å²) in [6.45, 7) is 1.71. The Hall–Kier alpha value is -1.86. The number of methoxy groups -OCH3 is 1. The number of piperidine rings is 1. The molecule has 1 amide bonds. The molecule has 0 atom stereocenters. The van der Waals surface area contributed by atoms with E-state index in [1.807, 2.05) is 4.90 Å². The minimum absolute atomic E-state index is 0.0314. The topological polar surface area (TPSA) is 84.7 Å². The van der Waals surface area contributed by atoms with E-state index in [0.717, 1.165) is 12.8 Å². The summed E-state index contributed by atoms with van der Waals surface area (Å²) in [7, 11) is 1.57. The summed E-state index contributed by atoms with van der Waals surface area (Å²) < 4.78 is 4.91. The number of hydrogen-bond acceptors (Lipinski definition) is 5. The maximum atomic E-state index is 11.9. The molecule has 1 fully saturated rings. The lowest BCUT2D eigenvalue weighted by molar-refractivity contribution is -0.384. The number of amides is 1. The Labute approximate surface area is 139 Å². The van der Waals surface area contributed by atoms with Crippen LogP contribution in [0.4, 0.5) is 11.4 Å². The molecule has 7 nitrogen and oxygen atoms in total. The van der Waals surface area contributed by atoms with Crippen molar-refractivity contribution in [1.82, 2.24) is 4.90 Å². The Balaban J connectivity index is 1.92. The molecule has 1 saturated heterocycles. The van der Waals surface area contributed by atoms with Gasteiger partial charge in [-0.15, -0.1) is 0 Å². The first-order chi connectivity index (χ1) is 11.0. The van der Waals surface area contributed by atoms with Crippen molar-refractivity contribution in [2.45, 2.75) is 25.3 Å². The highest BCUT2D eigenvalue weighted by molar-refractivity contribution is 6.30. The third-order valence-electron chi connectivity index (χ3n) is 3.88. The average Bonchev–Trinajstić information content (AvgIpc) is 2.54. The number of carbonyl (C=O) groups excluding carboxylic acids is 1. The highest BCUT2D eigenvalue weighted by Crippen LogP contribution is 2.29. The SMILES string of the molecule is COCCC(=O)N1CCC(Nc2ccc(Cl)cc2[N+](=O)[O-])CC1. The Kier molecular flexibility index (Phi) is 6.18. The molecule has 126 valence electrons. The first kappa shape index (κ1) is 17.5. The van der Waals surface area contributed by atoms with Gasteiger partial charge in [-0.2, -0.15) is 0 Å². The minimum Gasteiger partial charge on any atom is -0.384 e. The van der Waals surface area contributed by atoms with E-state index in [4.69, 9.17) is 16.3 Å². The van der Waals surface area contributed by atoms with Crippen molar-refractivity contribution in [2.24, 2.45) is 0 Å². The van der Waals surface area contributed by atoms with Crippen LogP contribution in [-0.2, 0) is 9.53 Å². The third-order valence-corrected chi connectivity index (χ3v) is 4.12. The quantitative estimate of drug-likeness (QED) is 0.635. The van der Waals surface area contributed by atoms with Crippen LogP contribution in [0.5, 0.6) is 0 Å². The normalized spacial score (nSPS) is 15.5. The Morgan fingerprint density at radius 1 is 1.48 bits per heavy atom. The zero-order chi connectivity index (χ0) is 16.8. The van der Waals surface area contributed by atoms with E-state index in [0.29, 0.717) is 36.8 Å². The second kappa shape index (κ2) is 8.12. The summed E-state index contributed by atoms with van der Waals surface area (Å²) in [4.78, 5) is 24.4. The van der Waals surface area contributed by atoms with Gasteiger partial charge in [-0.05, 0) is 25.0 Å². The van der Waals surface area contributed by atoms with Gasteiger partial charge in [-0.3, -0.25) is 14.9 Å². The molecule has 0 aliphatic carbocycles. The molecule has 8 heteroatoms. The van der Waals surface area contributed by atoms with Crippen molar-refractivity contribution in [1.29, 1.82) is 0 Å². The van der Waals surface area contributed by atoms with Crippen LogP contribution in [-0.4, -0.2) is 48.6 Å². The number of ether oxygens (including phenoxy) is 1. The summed E-state index contributed by atoms with van der Waals surface area (Å²) in [5.74, 6) is 0.0859. The zero-order valence-corrected chi connectivity index (χ0v) is 13.7. The summed E-state index contributed by atoms with van der Waals surface area (Å²) in [6, 6.07) is 4.69. The van der Waals surface area contributed by atoms with Crippen molar-refractivity contribution in [2.75, 3.05) is 32.1 Å². The number of hydrogen-bond donors (Lipinski definition) is 1. The molecule has 2 rings (SSSR count). The number of nitro benzene ring substituents is 1. The van der Waals surface area contributed by atoms with Gasteiger partial charge >= 0.3 is 0 Å². The van der Waals surface area contributed by atoms with E-state index in [2.05, 4.69) is 5.32 Å². The molecule has 0 radical (unpaired) electrons. The van der Waals surface area contributed by atoms with Crippen molar-refractivity contribution in [3.8, 4) is 0 Å². The number of anilines is 1. The van der Waals surface area contributed by atoms with E-state index < -0.39 is 4.92 Å². The summed E-state index contributed by atoms with van der Waals surface area (Å²) in [5, 5.41) is 14.6. The predicted molar refractivity (Wildman–Crippen MR) is 87.8 cm³/mol. The summed E-state index contributed by atoms with van der Waals surface area (Å²) >= 11 is 5.81. The number of halogens is 1. The number of likely N-dealkylation sites (tertiary alicyclic amines) is 1. The Bertz CT molecular complexity index is 574. The molecular formula is C15H20ClN3O4. The number of nitrogens with zero attached hydrogens (tertiary/aromatic N) is 2. The zero-order valence-electron chi connectivity index (χ0n) is 13.0. The van der Waals surface area contributed by atoms with Crippen LogP contribution < -0.4 is 5.32 Å². The molecule has 1 aliphatic heterocycles. The van der Waals surface area contributed by atoms with Crippen LogP contribution in [0.3, 0.4) is 0 Å². The fraction of sp³-hybridized carbons (Fsp3) is 0.533. The molecule has 1 heterocycles. The first-order valence-corrected chi connectivity index (χ1v) is 7.86. The van der Waals surface area contributed by atoms with Crippen LogP contribution in [0, 0.1) is 10.1 Å². The molecule has 1 N–H and O–H groups in total. The summed E-state index contributed by atoms with van der Waals surface area (Å²) in [6.07, 6.45) is 1.88. The maximum Gasteiger partial charge on any atom is 0.293 e. The molecule has 0 spiro atoms. The van der Waals surface area contributed by atoms with Gasteiger partial charge in [0.25, 0.3) is 5.69 Å². The number of benzene rings is 1. The van der Waals surface area contributed by atoms with Crippen molar-refractivity contribution in [3.63, 3.8) is 0 Å². The van der Waals surface area contributed by atoms with Gasteiger partial charge < -0.3 is 15.0 Å². The van der Waals surface area contributed by atoms with Crippen molar-refractivity contribution in [3.05, 3.63) is 33.3 Å². The fourth-order valence-corrected chi connectivity index (χ4v) is 2.78. The Morgan fingerprint density at radius 2 is 2.17 bits per heavy atom. The van der Waals surface area contributed by atoms with Crippen LogP contribution in [0.1, 0.15) is 19.3 Å². The maximum absolute atomic E-state index is 11.9. The Morgan fingerprint density at radius 3 is 2.78 bits per heavy atom. The van der Waals surface area contributed by atoms with E-state index in [9.17, 15) is 14.9 Å². The third kappa shape index (κ3) is 4.80. The lowest BCUT2D eigenvalue weighted by atomic mass is 10.0. The average molecular weight is 342 g/mol. The van der Waals surface area contributed by atoms with Gasteiger partial charge in [0.2, 0.25) is 5.91 Å². The van der Waals surface area contributed by atoms with Crippen molar-refractivity contribution < 1.29 is 14.5 Å². The number of carbonyl (C=O) groups is 1. The molecule has 1 aromatic rings. The van der Waals surface area contributed by atoms with Crippen LogP contribution in [0.2, 0.25) is 5.02 Å². The summed E-state index contributed by atoms with van der Waals surface area (Å²) in [5.41, 5.74) is 0.430. The lowest BCUT2D eigenvalue weighted by Gasteiger charge is -2.32. The second-order valence-corrected chi connectivity index (χ2v) is 5.90. The molecule has 0 saturated carbocycles. The van der Waals surface area contributed by atoms with Crippen LogP contribution in [0.15, 0.2) is 18.2 Å². The first-order valence-electron chi connectivity index (χ1n) is 7.48. The van der Waals surface area contributed by atoms with Gasteiger partial charge in [0.05, 0.1) is 18.0 Å². The van der Waals surface area contributed by atoms with E-state index in [1.54, 1.807) is 19.2 Å². The smallest absolute Gasteiger partial charge is 0.293 e. The van der Waals surface area contributed by atoms with Gasteiger partial charge in [0.1, 0.15) is 5.69 Å². The van der Waals surface area contributed by atoms with E-state index >= 15 is 0 Å². The minimum atomic E-state index is -0.447. The van der Waals surface area contributed by atoms with E-state index in [1.165, 1.54) is 6.07 Å². The molecular weight excluding hydrogens is 322 g/mol. The number of rotatable bonds is 6. The molecule has 1 aliphatic rings. The number of nitrogens with one attached hydrogen (secondary N) is 1. The second-order valence-electron chi connectivity index (χ2n) is 5.46. The number of nitro groups is 1. The molecule has 0 bridgehead atoms. The molecule has 23 heavy (non-hydrogen) atoms. The molecule has 1 aromatic carbocycles. The van der Waals surface area contributed by atoms with Gasteiger partial charge in [0, 0.05) is 37.3 Å². The largest absolute Gasteiger partial charge is 0.384 e. The highest BCUT2D eigenvalue weighted by Gasteiger charge is 2.24. The van der Waals surface area contributed by atoms with Gasteiger partial charge in [-0.25, -0.2) is 0 Å². The van der Waals surface area contributed by atoms with Gasteiger partial charge in [0.15, 0.2) is 0 Å². The molecule has 0 unspecified atom stereocenters. The van der Waals surface area contributed by atoms with Crippen molar-refractivity contribution >= 4 is 28.9 Å².